The van der Waals surface area contributed by atoms with Gasteiger partial charge in [-0.1, -0.05) is 182 Å². The first-order valence-corrected chi connectivity index (χ1v) is 29.9. The van der Waals surface area contributed by atoms with Crippen molar-refractivity contribution in [3.8, 4) is 0 Å². The van der Waals surface area contributed by atoms with Gasteiger partial charge in [-0.05, 0) is 94.1 Å². The van der Waals surface area contributed by atoms with E-state index in [2.05, 4.69) is 164 Å². The molecule has 0 saturated carbocycles. The number of benzene rings is 6. The van der Waals surface area contributed by atoms with Crippen molar-refractivity contribution >= 4 is 92.5 Å². The Kier molecular flexibility index (Phi) is 15.0. The summed E-state index contributed by atoms with van der Waals surface area (Å²) in [7, 11) is 0. The Morgan fingerprint density at radius 3 is 1.00 bits per heavy atom. The molecule has 4 aliphatic rings. The molecule has 90 heavy (non-hydrogen) atoms. The summed E-state index contributed by atoms with van der Waals surface area (Å²) in [5.41, 5.74) is 20.8. The highest BCUT2D eigenvalue weighted by molar-refractivity contribution is 6.06. The third-order valence-corrected chi connectivity index (χ3v) is 15.8. The molecular weight excluding hydrogens is 1110 g/mol. The molecule has 16 bridgehead atoms. The molecule has 6 aromatic carbocycles. The van der Waals surface area contributed by atoms with Crippen LogP contribution in [0.5, 0.6) is 0 Å². The van der Waals surface area contributed by atoms with Gasteiger partial charge >= 0.3 is 0 Å². The van der Waals surface area contributed by atoms with Gasteiger partial charge in [0.2, 0.25) is 0 Å². The lowest BCUT2D eigenvalue weighted by molar-refractivity contribution is 0.844. The molecule has 0 saturated heterocycles. The average molecular weight is 1170 g/mol. The SMILES string of the molecule is C1=Cc2cc3nnc(nc4nc(c(Cc5ccccc5)c5ccc(cc1n2)[nH]5)C(Cc1ccccc1)=N4)n3Cc1ccccc1.C1=Cc2cc3nnc(nc4nc(c(Cc5ccccc5)c5ccc(cc1n2)[nH]5)C(Cc1ccccc1)=N4)n3Cc1ccccc1. The number of nitrogens with one attached hydrogen (secondary N) is 2. The normalized spacial score (nSPS) is 12.3. The monoisotopic (exact) mass is 1170 g/mol. The van der Waals surface area contributed by atoms with Gasteiger partial charge in [-0.15, -0.1) is 20.4 Å². The minimum absolute atomic E-state index is 0.355. The highest BCUT2D eigenvalue weighted by Crippen LogP contribution is 2.29. The Bertz CT molecular complexity index is 4790. The molecule has 16 heteroatoms. The maximum atomic E-state index is 5.09. The van der Waals surface area contributed by atoms with E-state index in [1.165, 1.54) is 11.1 Å². The van der Waals surface area contributed by atoms with Gasteiger partial charge in [0.25, 0.3) is 23.5 Å². The summed E-state index contributed by atoms with van der Waals surface area (Å²) >= 11 is 0. The van der Waals surface area contributed by atoms with E-state index in [9.17, 15) is 0 Å². The molecular formula is C74H56N16. The highest BCUT2D eigenvalue weighted by atomic mass is 15.3. The van der Waals surface area contributed by atoms with Crippen LogP contribution >= 0.6 is 0 Å². The molecule has 0 atom stereocenters. The zero-order chi connectivity index (χ0) is 60.0. The zero-order valence-corrected chi connectivity index (χ0v) is 48.8. The fraction of sp³-hybridized carbons (Fsp3) is 0.0811. The van der Waals surface area contributed by atoms with Crippen LogP contribution in [0.25, 0.3) is 69.2 Å². The number of H-pyrrole nitrogens is 2. The predicted octanol–water partition coefficient (Wildman–Crippen LogP) is 14.3. The van der Waals surface area contributed by atoms with Crippen LogP contribution < -0.4 is 0 Å². The number of hydrogen-bond donors (Lipinski definition) is 2. The molecule has 0 unspecified atom stereocenters. The van der Waals surface area contributed by atoms with Gasteiger partial charge in [-0.3, -0.25) is 9.13 Å². The lowest BCUT2D eigenvalue weighted by Gasteiger charge is -2.08. The molecule has 0 fully saturated rings. The lowest BCUT2D eigenvalue weighted by atomic mass is 9.98. The summed E-state index contributed by atoms with van der Waals surface area (Å²) in [5, 5.41) is 18.0. The van der Waals surface area contributed by atoms with E-state index in [0.717, 1.165) is 101 Å². The number of rotatable bonds is 12. The molecule has 0 radical (unpaired) electrons. The fourth-order valence-corrected chi connectivity index (χ4v) is 11.4. The second kappa shape index (κ2) is 24.7. The van der Waals surface area contributed by atoms with Crippen molar-refractivity contribution in [1.82, 2.24) is 69.4 Å². The summed E-state index contributed by atoms with van der Waals surface area (Å²) in [5.74, 6) is 1.58. The van der Waals surface area contributed by atoms with Crippen LogP contribution in [0.2, 0.25) is 0 Å². The Labute approximate surface area is 517 Å². The number of nitrogens with zero attached hydrogens (tertiary/aromatic N) is 14. The molecule has 4 aliphatic heterocycles. The van der Waals surface area contributed by atoms with Crippen LogP contribution in [0.3, 0.4) is 0 Å². The van der Waals surface area contributed by atoms with Crippen LogP contribution in [0, 0.1) is 0 Å². The fourth-order valence-electron chi connectivity index (χ4n) is 11.4. The Morgan fingerprint density at radius 1 is 0.300 bits per heavy atom. The zero-order valence-electron chi connectivity index (χ0n) is 48.8. The van der Waals surface area contributed by atoms with E-state index in [0.29, 0.717) is 73.5 Å². The third kappa shape index (κ3) is 12.3. The summed E-state index contributed by atoms with van der Waals surface area (Å²) < 4.78 is 3.97. The van der Waals surface area contributed by atoms with Crippen molar-refractivity contribution in [2.45, 2.75) is 38.8 Å². The van der Waals surface area contributed by atoms with E-state index >= 15 is 0 Å². The lowest BCUT2D eigenvalue weighted by Crippen LogP contribution is -2.07. The predicted molar refractivity (Wildman–Crippen MR) is 356 cm³/mol. The largest absolute Gasteiger partial charge is 0.355 e. The number of aromatic nitrogens is 14. The quantitative estimate of drug-likeness (QED) is 0.119. The number of fused-ring (bicyclic) bond motifs is 16. The summed E-state index contributed by atoms with van der Waals surface area (Å²) in [6.07, 6.45) is 10.6. The molecule has 0 aliphatic carbocycles. The van der Waals surface area contributed by atoms with Gasteiger partial charge in [-0.2, -0.15) is 9.97 Å². The minimum atomic E-state index is 0.355. The van der Waals surface area contributed by atoms with Gasteiger partial charge in [0.05, 0.1) is 58.7 Å². The van der Waals surface area contributed by atoms with E-state index in [4.69, 9.17) is 39.9 Å². The topological polar surface area (TPSA) is 195 Å². The van der Waals surface area contributed by atoms with Gasteiger partial charge in [-0.25, -0.2) is 29.9 Å². The molecule has 12 aromatic rings. The minimum Gasteiger partial charge on any atom is -0.355 e. The van der Waals surface area contributed by atoms with Crippen LogP contribution in [0.15, 0.2) is 241 Å². The molecule has 16 rings (SSSR count). The van der Waals surface area contributed by atoms with Crippen LogP contribution in [0.4, 0.5) is 11.9 Å². The van der Waals surface area contributed by atoms with Crippen LogP contribution in [-0.4, -0.2) is 80.8 Å². The van der Waals surface area contributed by atoms with Gasteiger partial charge < -0.3 is 9.97 Å². The number of hydrogen-bond acceptors (Lipinski definition) is 12. The van der Waals surface area contributed by atoms with E-state index in [-0.39, 0.29) is 0 Å². The summed E-state index contributed by atoms with van der Waals surface area (Å²) in [4.78, 5) is 47.0. The number of aromatic amines is 2. The third-order valence-electron chi connectivity index (χ3n) is 15.8. The van der Waals surface area contributed by atoms with Gasteiger partial charge in [0.15, 0.2) is 11.3 Å². The van der Waals surface area contributed by atoms with Crippen molar-refractivity contribution in [3.63, 3.8) is 0 Å². The van der Waals surface area contributed by atoms with Gasteiger partial charge in [0, 0.05) is 71.0 Å². The first kappa shape index (κ1) is 54.6. The standard InChI is InChI=1S/2C37H28N8/c2*1-4-10-25(11-5-1)20-31-32-19-18-29(39-32)22-28-16-17-30(38-28)23-34-43-44-37(45(34)24-27-14-8-3-9-15-27)42-36-40-33(35(31)41-36)21-26-12-6-2-7-13-26/h2*1-19,22-23,39H,20-21,24H2. The van der Waals surface area contributed by atoms with Crippen LogP contribution in [0.1, 0.15) is 78.7 Å². The van der Waals surface area contributed by atoms with Crippen molar-refractivity contribution in [2.75, 3.05) is 0 Å². The number of aliphatic imine (C=N–C) groups is 2. The summed E-state index contributed by atoms with van der Waals surface area (Å²) in [6, 6.07) is 78.4. The first-order valence-electron chi connectivity index (χ1n) is 29.9. The molecule has 10 heterocycles. The van der Waals surface area contributed by atoms with Crippen molar-refractivity contribution < 1.29 is 0 Å². The molecule has 432 valence electrons. The van der Waals surface area contributed by atoms with Gasteiger partial charge in [0.1, 0.15) is 0 Å². The molecule has 0 amide bonds. The van der Waals surface area contributed by atoms with Crippen molar-refractivity contribution in [1.29, 1.82) is 0 Å². The van der Waals surface area contributed by atoms with E-state index in [1.54, 1.807) is 0 Å². The second-order valence-corrected chi connectivity index (χ2v) is 22.1. The van der Waals surface area contributed by atoms with Crippen molar-refractivity contribution in [2.24, 2.45) is 9.98 Å². The maximum absolute atomic E-state index is 5.09. The molecule has 0 spiro atoms. The van der Waals surface area contributed by atoms with E-state index < -0.39 is 0 Å². The smallest absolute Gasteiger partial charge is 0.254 e. The first-order chi connectivity index (χ1) is 44.5. The maximum Gasteiger partial charge on any atom is 0.254 e. The summed E-state index contributed by atoms with van der Waals surface area (Å²) in [6.45, 7) is 1.08. The average Bonchev–Trinajstić information content (AvgIpc) is 2.23. The molecule has 2 N–H and O–H groups in total. The molecule has 16 nitrogen and oxygen atoms in total. The van der Waals surface area contributed by atoms with Crippen LogP contribution in [-0.2, 0) is 38.8 Å². The second-order valence-electron chi connectivity index (χ2n) is 22.1. The Balaban J connectivity index is 0.000000150. The van der Waals surface area contributed by atoms with E-state index in [1.807, 2.05) is 131 Å². The van der Waals surface area contributed by atoms with Crippen molar-refractivity contribution in [3.05, 3.63) is 309 Å². The molecule has 6 aromatic heterocycles. The Morgan fingerprint density at radius 2 is 0.633 bits per heavy atom. The highest BCUT2D eigenvalue weighted by Gasteiger charge is 2.23. The Hall–Kier alpha value is -12.0.